The molecule has 136 valence electrons. The summed E-state index contributed by atoms with van der Waals surface area (Å²) >= 11 is 0. The summed E-state index contributed by atoms with van der Waals surface area (Å²) in [6, 6.07) is 5.68. The van der Waals surface area contributed by atoms with Gasteiger partial charge < -0.3 is 14.5 Å². The first-order chi connectivity index (χ1) is 11.7. The van der Waals surface area contributed by atoms with Crippen LogP contribution in [0.4, 0.5) is 10.5 Å². The van der Waals surface area contributed by atoms with Gasteiger partial charge >= 0.3 is 6.09 Å². The maximum absolute atomic E-state index is 12.6. The summed E-state index contributed by atoms with van der Waals surface area (Å²) in [5.41, 5.74) is -0.405. The number of ether oxygens (including phenoxy) is 1. The van der Waals surface area contributed by atoms with E-state index in [1.807, 2.05) is 0 Å². The summed E-state index contributed by atoms with van der Waals surface area (Å²) in [7, 11) is 0. The van der Waals surface area contributed by atoms with Crippen LogP contribution < -0.4 is 0 Å². The van der Waals surface area contributed by atoms with Gasteiger partial charge in [-0.15, -0.1) is 0 Å². The SMILES string of the molecule is CC(C)(C)OC(=O)N1CCCN(C(=O)c2cccc([N+](=O)[O-])c2)CC1. The van der Waals surface area contributed by atoms with Gasteiger partial charge in [-0.2, -0.15) is 0 Å². The van der Waals surface area contributed by atoms with Crippen molar-refractivity contribution in [2.45, 2.75) is 32.8 Å². The van der Waals surface area contributed by atoms with Crippen molar-refractivity contribution in [2.75, 3.05) is 26.2 Å². The average molecular weight is 349 g/mol. The quantitative estimate of drug-likeness (QED) is 0.604. The lowest BCUT2D eigenvalue weighted by molar-refractivity contribution is -0.384. The van der Waals surface area contributed by atoms with Crippen molar-refractivity contribution in [3.63, 3.8) is 0 Å². The van der Waals surface area contributed by atoms with Gasteiger partial charge in [-0.3, -0.25) is 14.9 Å². The zero-order valence-electron chi connectivity index (χ0n) is 14.7. The van der Waals surface area contributed by atoms with Crippen molar-refractivity contribution >= 4 is 17.7 Å². The minimum absolute atomic E-state index is 0.115. The lowest BCUT2D eigenvalue weighted by atomic mass is 10.1. The molecule has 1 aliphatic rings. The van der Waals surface area contributed by atoms with E-state index in [0.29, 0.717) is 32.6 Å². The maximum atomic E-state index is 12.6. The highest BCUT2D eigenvalue weighted by Crippen LogP contribution is 2.17. The Kier molecular flexibility index (Phi) is 5.61. The second kappa shape index (κ2) is 7.50. The van der Waals surface area contributed by atoms with Crippen LogP contribution in [0.25, 0.3) is 0 Å². The number of hydrogen-bond donors (Lipinski definition) is 0. The number of amides is 2. The highest BCUT2D eigenvalue weighted by molar-refractivity contribution is 5.94. The van der Waals surface area contributed by atoms with Gasteiger partial charge in [0.2, 0.25) is 0 Å². The topological polar surface area (TPSA) is 93.0 Å². The molecule has 0 saturated carbocycles. The molecule has 1 aliphatic heterocycles. The minimum Gasteiger partial charge on any atom is -0.444 e. The fourth-order valence-corrected chi connectivity index (χ4v) is 2.56. The number of rotatable bonds is 2. The van der Waals surface area contributed by atoms with Crippen LogP contribution in [-0.2, 0) is 4.74 Å². The van der Waals surface area contributed by atoms with Gasteiger partial charge in [0.15, 0.2) is 0 Å². The second-order valence-electron chi connectivity index (χ2n) is 6.92. The molecule has 8 nitrogen and oxygen atoms in total. The lowest BCUT2D eigenvalue weighted by Gasteiger charge is -2.26. The average Bonchev–Trinajstić information content (AvgIpc) is 2.78. The van der Waals surface area contributed by atoms with Gasteiger partial charge in [-0.05, 0) is 33.3 Å². The van der Waals surface area contributed by atoms with E-state index in [1.165, 1.54) is 18.2 Å². The normalized spacial score (nSPS) is 15.5. The third-order valence-corrected chi connectivity index (χ3v) is 3.74. The second-order valence-corrected chi connectivity index (χ2v) is 6.92. The molecule has 0 N–H and O–H groups in total. The monoisotopic (exact) mass is 349 g/mol. The Morgan fingerprint density at radius 3 is 2.40 bits per heavy atom. The first-order valence-corrected chi connectivity index (χ1v) is 8.19. The summed E-state index contributed by atoms with van der Waals surface area (Å²) in [4.78, 5) is 38.3. The van der Waals surface area contributed by atoms with Gasteiger partial charge in [0.05, 0.1) is 4.92 Å². The third kappa shape index (κ3) is 5.17. The molecule has 0 bridgehead atoms. The van der Waals surface area contributed by atoms with Crippen LogP contribution in [-0.4, -0.2) is 58.5 Å². The van der Waals surface area contributed by atoms with Gasteiger partial charge in [0.25, 0.3) is 11.6 Å². The largest absolute Gasteiger partial charge is 0.444 e. The molecule has 2 rings (SSSR count). The highest BCUT2D eigenvalue weighted by atomic mass is 16.6. The first kappa shape index (κ1) is 18.7. The van der Waals surface area contributed by atoms with E-state index in [2.05, 4.69) is 0 Å². The smallest absolute Gasteiger partial charge is 0.410 e. The summed E-state index contributed by atoms with van der Waals surface area (Å²) in [6.45, 7) is 7.15. The molecule has 25 heavy (non-hydrogen) atoms. The molecule has 0 aliphatic carbocycles. The third-order valence-electron chi connectivity index (χ3n) is 3.74. The lowest BCUT2D eigenvalue weighted by Crippen LogP contribution is -2.40. The van der Waals surface area contributed by atoms with Crippen molar-refractivity contribution in [3.05, 3.63) is 39.9 Å². The predicted molar refractivity (Wildman–Crippen MR) is 91.4 cm³/mol. The number of nitro groups is 1. The fraction of sp³-hybridized carbons (Fsp3) is 0.529. The number of hydrogen-bond acceptors (Lipinski definition) is 5. The molecule has 8 heteroatoms. The Morgan fingerprint density at radius 2 is 1.76 bits per heavy atom. The van der Waals surface area contributed by atoms with E-state index >= 15 is 0 Å². The van der Waals surface area contributed by atoms with Gasteiger partial charge in [-0.1, -0.05) is 6.07 Å². The van der Waals surface area contributed by atoms with Crippen LogP contribution in [0.15, 0.2) is 24.3 Å². The number of nitro benzene ring substituents is 1. The van der Waals surface area contributed by atoms with Gasteiger partial charge in [0.1, 0.15) is 5.60 Å². The molecular formula is C17H23N3O5. The van der Waals surface area contributed by atoms with Crippen LogP contribution >= 0.6 is 0 Å². The molecular weight excluding hydrogens is 326 g/mol. The molecule has 0 aromatic heterocycles. The number of nitrogens with zero attached hydrogens (tertiary/aromatic N) is 3. The minimum atomic E-state index is -0.568. The number of carbonyl (C=O) groups excluding carboxylic acids is 2. The van der Waals surface area contributed by atoms with Crippen molar-refractivity contribution < 1.29 is 19.2 Å². The number of benzene rings is 1. The van der Waals surface area contributed by atoms with Crippen LogP contribution in [0.1, 0.15) is 37.6 Å². The predicted octanol–water partition coefficient (Wildman–Crippen LogP) is 2.68. The zero-order chi connectivity index (χ0) is 18.6. The maximum Gasteiger partial charge on any atom is 0.410 e. The van der Waals surface area contributed by atoms with Gasteiger partial charge in [-0.25, -0.2) is 4.79 Å². The van der Waals surface area contributed by atoms with Crippen LogP contribution in [0.2, 0.25) is 0 Å². The Hall–Kier alpha value is -2.64. The van der Waals surface area contributed by atoms with Crippen molar-refractivity contribution in [3.8, 4) is 0 Å². The molecule has 0 unspecified atom stereocenters. The summed E-state index contributed by atoms with van der Waals surface area (Å²) in [5.74, 6) is -0.269. The van der Waals surface area contributed by atoms with E-state index in [4.69, 9.17) is 4.74 Å². The molecule has 1 fully saturated rings. The van der Waals surface area contributed by atoms with E-state index in [-0.39, 0.29) is 17.2 Å². The standard InChI is InChI=1S/C17H23N3O5/c1-17(2,3)25-16(22)19-9-5-8-18(10-11-19)15(21)13-6-4-7-14(12-13)20(23)24/h4,6-7,12H,5,8-11H2,1-3H3. The molecule has 1 aromatic carbocycles. The van der Waals surface area contributed by atoms with E-state index in [9.17, 15) is 19.7 Å². The van der Waals surface area contributed by atoms with Crippen molar-refractivity contribution in [1.29, 1.82) is 0 Å². The summed E-state index contributed by atoms with van der Waals surface area (Å²) in [5, 5.41) is 10.9. The molecule has 2 amide bonds. The molecule has 0 spiro atoms. The van der Waals surface area contributed by atoms with E-state index in [1.54, 1.807) is 36.6 Å². The summed E-state index contributed by atoms with van der Waals surface area (Å²) < 4.78 is 5.36. The Labute approximate surface area is 146 Å². The molecule has 1 aromatic rings. The molecule has 0 radical (unpaired) electrons. The van der Waals surface area contributed by atoms with Crippen molar-refractivity contribution in [2.24, 2.45) is 0 Å². The number of non-ortho nitro benzene ring substituents is 1. The molecule has 1 heterocycles. The Balaban J connectivity index is 2.03. The van der Waals surface area contributed by atoms with Crippen molar-refractivity contribution in [1.82, 2.24) is 9.80 Å². The van der Waals surface area contributed by atoms with E-state index in [0.717, 1.165) is 0 Å². The summed E-state index contributed by atoms with van der Waals surface area (Å²) in [6.07, 6.45) is 0.233. The van der Waals surface area contributed by atoms with E-state index < -0.39 is 16.6 Å². The Morgan fingerprint density at radius 1 is 1.12 bits per heavy atom. The Bertz CT molecular complexity index is 668. The molecule has 0 atom stereocenters. The van der Waals surface area contributed by atoms with Crippen LogP contribution in [0, 0.1) is 10.1 Å². The zero-order valence-corrected chi connectivity index (χ0v) is 14.7. The van der Waals surface area contributed by atoms with Crippen LogP contribution in [0.5, 0.6) is 0 Å². The van der Waals surface area contributed by atoms with Crippen LogP contribution in [0.3, 0.4) is 0 Å². The molecule has 1 saturated heterocycles. The fourth-order valence-electron chi connectivity index (χ4n) is 2.56. The van der Waals surface area contributed by atoms with Gasteiger partial charge in [0, 0.05) is 43.9 Å². The number of carbonyl (C=O) groups is 2. The highest BCUT2D eigenvalue weighted by Gasteiger charge is 2.26. The first-order valence-electron chi connectivity index (χ1n) is 8.19.